The molecule has 10 heteroatoms. The lowest BCUT2D eigenvalue weighted by atomic mass is 10.3. The van der Waals surface area contributed by atoms with Crippen molar-refractivity contribution in [3.8, 4) is 0 Å². The van der Waals surface area contributed by atoms with Crippen LogP contribution >= 0.6 is 15.9 Å². The van der Waals surface area contributed by atoms with Crippen LogP contribution in [0.3, 0.4) is 0 Å². The van der Waals surface area contributed by atoms with Crippen LogP contribution in [0.4, 0.5) is 0 Å². The molecule has 106 valence electrons. The summed E-state index contributed by atoms with van der Waals surface area (Å²) in [4.78, 5) is 12.8. The van der Waals surface area contributed by atoms with Gasteiger partial charge in [-0.3, -0.25) is 4.79 Å². The number of aromatic nitrogens is 3. The number of sulfonamides is 1. The number of rotatable bonds is 2. The molecule has 0 saturated carbocycles. The van der Waals surface area contributed by atoms with Crippen LogP contribution in [-0.2, 0) is 21.9 Å². The molecule has 0 unspecified atom stereocenters. The summed E-state index contributed by atoms with van der Waals surface area (Å²) in [6, 6.07) is 0. The fourth-order valence-corrected chi connectivity index (χ4v) is 4.42. The second-order valence-electron chi connectivity index (χ2n) is 4.22. The van der Waals surface area contributed by atoms with E-state index in [1.807, 2.05) is 0 Å². The summed E-state index contributed by atoms with van der Waals surface area (Å²) in [5, 5.41) is 7.38. The summed E-state index contributed by atoms with van der Waals surface area (Å²) in [5.74, 6) is -0.0413. The number of halogens is 1. The quantitative estimate of drug-likeness (QED) is 0.711. The Kier molecular flexibility index (Phi) is 3.92. The maximum atomic E-state index is 12.5. The SMILES string of the molecule is CC(=O)N1CCN(S(=O)(=O)c2c(Br)nnn2C)CC1. The first-order valence-electron chi connectivity index (χ1n) is 5.65. The second kappa shape index (κ2) is 5.17. The van der Waals surface area contributed by atoms with Gasteiger partial charge in [-0.1, -0.05) is 5.21 Å². The van der Waals surface area contributed by atoms with Crippen molar-refractivity contribution in [3.63, 3.8) is 0 Å². The van der Waals surface area contributed by atoms with E-state index >= 15 is 0 Å². The van der Waals surface area contributed by atoms with Gasteiger partial charge in [0.15, 0.2) is 4.60 Å². The monoisotopic (exact) mass is 351 g/mol. The Labute approximate surface area is 119 Å². The first-order chi connectivity index (χ1) is 8.84. The van der Waals surface area contributed by atoms with Crippen molar-refractivity contribution >= 4 is 31.9 Å². The third kappa shape index (κ3) is 2.65. The average Bonchev–Trinajstić information content (AvgIpc) is 2.69. The molecule has 0 atom stereocenters. The van der Waals surface area contributed by atoms with Gasteiger partial charge >= 0.3 is 0 Å². The molecule has 1 aliphatic rings. The van der Waals surface area contributed by atoms with Crippen molar-refractivity contribution in [2.45, 2.75) is 11.9 Å². The summed E-state index contributed by atoms with van der Waals surface area (Å²) in [7, 11) is -2.12. The zero-order chi connectivity index (χ0) is 14.2. The van der Waals surface area contributed by atoms with Crippen LogP contribution in [0.15, 0.2) is 9.63 Å². The summed E-state index contributed by atoms with van der Waals surface area (Å²) in [6.45, 7) is 2.83. The Balaban J connectivity index is 2.21. The van der Waals surface area contributed by atoms with Gasteiger partial charge in [-0.05, 0) is 15.9 Å². The minimum Gasteiger partial charge on any atom is -0.340 e. The van der Waals surface area contributed by atoms with Gasteiger partial charge in [0, 0.05) is 40.2 Å². The lowest BCUT2D eigenvalue weighted by Crippen LogP contribution is -2.50. The molecule has 0 N–H and O–H groups in total. The maximum absolute atomic E-state index is 12.5. The molecular weight excluding hydrogens is 338 g/mol. The molecule has 1 aromatic rings. The minimum atomic E-state index is -3.64. The lowest BCUT2D eigenvalue weighted by molar-refractivity contribution is -0.129. The van der Waals surface area contributed by atoms with E-state index in [9.17, 15) is 13.2 Å². The van der Waals surface area contributed by atoms with Crippen LogP contribution in [0.2, 0.25) is 0 Å². The highest BCUT2D eigenvalue weighted by molar-refractivity contribution is 9.10. The van der Waals surface area contributed by atoms with Crippen molar-refractivity contribution in [1.29, 1.82) is 0 Å². The molecule has 8 nitrogen and oxygen atoms in total. The number of hydrogen-bond acceptors (Lipinski definition) is 5. The molecule has 0 aromatic carbocycles. The van der Waals surface area contributed by atoms with Gasteiger partial charge in [0.2, 0.25) is 10.9 Å². The Bertz CT molecular complexity index is 571. The fourth-order valence-electron chi connectivity index (χ4n) is 1.96. The Hall–Kier alpha value is -1.00. The van der Waals surface area contributed by atoms with Crippen LogP contribution in [-0.4, -0.2) is 64.7 Å². The molecule has 0 radical (unpaired) electrons. The first kappa shape index (κ1) is 14.4. The van der Waals surface area contributed by atoms with Crippen molar-refractivity contribution in [2.24, 2.45) is 7.05 Å². The van der Waals surface area contributed by atoms with Crippen molar-refractivity contribution in [2.75, 3.05) is 26.2 Å². The predicted octanol–water partition coefficient (Wildman–Crippen LogP) is -0.570. The van der Waals surface area contributed by atoms with Gasteiger partial charge in [-0.25, -0.2) is 13.1 Å². The standard InChI is InChI=1S/C9H14BrN5O3S/c1-7(16)14-3-5-15(6-4-14)19(17,18)9-8(10)11-12-13(9)2/h3-6H2,1-2H3. The van der Waals surface area contributed by atoms with E-state index in [0.717, 1.165) is 0 Å². The molecule has 0 spiro atoms. The molecule has 19 heavy (non-hydrogen) atoms. The zero-order valence-corrected chi connectivity index (χ0v) is 13.0. The van der Waals surface area contributed by atoms with Crippen molar-refractivity contribution in [1.82, 2.24) is 24.2 Å². The van der Waals surface area contributed by atoms with Crippen LogP contribution < -0.4 is 0 Å². The molecule has 1 aromatic heterocycles. The number of amides is 1. The van der Waals surface area contributed by atoms with Gasteiger partial charge in [0.05, 0.1) is 0 Å². The third-order valence-corrected chi connectivity index (χ3v) is 5.79. The van der Waals surface area contributed by atoms with E-state index < -0.39 is 10.0 Å². The van der Waals surface area contributed by atoms with E-state index in [4.69, 9.17) is 0 Å². The molecular formula is C9H14BrN5O3S. The van der Waals surface area contributed by atoms with Gasteiger partial charge < -0.3 is 4.90 Å². The van der Waals surface area contributed by atoms with Gasteiger partial charge in [-0.2, -0.15) is 4.31 Å². The molecule has 2 heterocycles. The largest absolute Gasteiger partial charge is 0.340 e. The van der Waals surface area contributed by atoms with Gasteiger partial charge in [0.25, 0.3) is 10.0 Å². The molecule has 1 aliphatic heterocycles. The van der Waals surface area contributed by atoms with Gasteiger partial charge in [0.1, 0.15) is 0 Å². The molecule has 2 rings (SSSR count). The number of hydrogen-bond donors (Lipinski definition) is 0. The van der Waals surface area contributed by atoms with E-state index in [0.29, 0.717) is 13.1 Å². The number of piperazine rings is 1. The number of nitrogens with zero attached hydrogens (tertiary/aromatic N) is 5. The topological polar surface area (TPSA) is 88.4 Å². The highest BCUT2D eigenvalue weighted by atomic mass is 79.9. The van der Waals surface area contributed by atoms with Crippen LogP contribution in [0.1, 0.15) is 6.92 Å². The molecule has 1 amide bonds. The summed E-state index contributed by atoms with van der Waals surface area (Å²) >= 11 is 3.09. The highest BCUT2D eigenvalue weighted by Gasteiger charge is 2.33. The third-order valence-electron chi connectivity index (χ3n) is 3.01. The van der Waals surface area contributed by atoms with Crippen LogP contribution in [0.25, 0.3) is 0 Å². The van der Waals surface area contributed by atoms with Crippen LogP contribution in [0, 0.1) is 0 Å². The molecule has 0 aliphatic carbocycles. The molecule has 0 bridgehead atoms. The Morgan fingerprint density at radius 2 is 1.84 bits per heavy atom. The zero-order valence-electron chi connectivity index (χ0n) is 10.6. The summed E-state index contributed by atoms with van der Waals surface area (Å²) in [6.07, 6.45) is 0. The predicted molar refractivity (Wildman–Crippen MR) is 69.7 cm³/mol. The number of carbonyl (C=O) groups excluding carboxylic acids is 1. The first-order valence-corrected chi connectivity index (χ1v) is 7.88. The molecule has 1 fully saturated rings. The fraction of sp³-hybridized carbons (Fsp3) is 0.667. The van der Waals surface area contributed by atoms with Crippen molar-refractivity contribution in [3.05, 3.63) is 4.60 Å². The highest BCUT2D eigenvalue weighted by Crippen LogP contribution is 2.23. The summed E-state index contributed by atoms with van der Waals surface area (Å²) < 4.78 is 27.7. The van der Waals surface area contributed by atoms with Gasteiger partial charge in [-0.15, -0.1) is 5.10 Å². The van der Waals surface area contributed by atoms with E-state index in [1.54, 1.807) is 4.90 Å². The van der Waals surface area contributed by atoms with Crippen LogP contribution in [0.5, 0.6) is 0 Å². The lowest BCUT2D eigenvalue weighted by Gasteiger charge is -2.33. The maximum Gasteiger partial charge on any atom is 0.263 e. The minimum absolute atomic E-state index is 0.0313. The summed E-state index contributed by atoms with van der Waals surface area (Å²) in [5.41, 5.74) is 0. The van der Waals surface area contributed by atoms with E-state index in [-0.39, 0.29) is 28.6 Å². The normalized spacial score (nSPS) is 17.7. The Morgan fingerprint density at radius 1 is 1.26 bits per heavy atom. The number of aryl methyl sites for hydroxylation is 1. The van der Waals surface area contributed by atoms with E-state index in [1.165, 1.54) is 23.0 Å². The van der Waals surface area contributed by atoms with E-state index in [2.05, 4.69) is 26.2 Å². The smallest absolute Gasteiger partial charge is 0.263 e. The second-order valence-corrected chi connectivity index (χ2v) is 6.82. The molecule has 1 saturated heterocycles. The Morgan fingerprint density at radius 3 is 2.26 bits per heavy atom. The van der Waals surface area contributed by atoms with Crippen molar-refractivity contribution < 1.29 is 13.2 Å². The average molecular weight is 352 g/mol. The number of carbonyl (C=O) groups is 1.